The molecule has 0 atom stereocenters. The first kappa shape index (κ1) is 20.3. The first-order valence-electron chi connectivity index (χ1n) is 9.28. The molecule has 0 aliphatic carbocycles. The summed E-state index contributed by atoms with van der Waals surface area (Å²) in [5, 5.41) is 14.4. The van der Waals surface area contributed by atoms with Gasteiger partial charge in [0.05, 0.1) is 0 Å². The number of carboxylic acids is 1. The van der Waals surface area contributed by atoms with Crippen LogP contribution in [0.1, 0.15) is 17.5 Å². The van der Waals surface area contributed by atoms with Gasteiger partial charge in [-0.3, -0.25) is 9.59 Å². The summed E-state index contributed by atoms with van der Waals surface area (Å²) in [6.45, 7) is 0.555. The molecule has 29 heavy (non-hydrogen) atoms. The Labute approximate surface area is 168 Å². The fourth-order valence-electron chi connectivity index (χ4n) is 3.35. The normalized spacial score (nSPS) is 12.4. The lowest BCUT2D eigenvalue weighted by Gasteiger charge is -2.17. The van der Waals surface area contributed by atoms with Crippen molar-refractivity contribution in [3.63, 3.8) is 0 Å². The summed E-state index contributed by atoms with van der Waals surface area (Å²) < 4.78 is 4.93. The number of ether oxygens (including phenoxy) is 1. The number of carbonyl (C=O) groups excluding carboxylic acids is 2. The van der Waals surface area contributed by atoms with Gasteiger partial charge < -0.3 is 25.4 Å². The first-order chi connectivity index (χ1) is 14.0. The van der Waals surface area contributed by atoms with Crippen molar-refractivity contribution >= 4 is 35.0 Å². The standard InChI is InChI=1S/C21H23N3O5/c1-29-13-19(25)24-11-10-16-17(6-3-7-18(16)24)23-21(28)22-15-5-2-4-14(12-15)8-9-20(26)27/h2-7,12H,8-11,13H2,1H3,(H,26,27)(H2,22,23,28). The lowest BCUT2D eigenvalue weighted by molar-refractivity contribution is -0.137. The number of aliphatic carboxylic acids is 1. The van der Waals surface area contributed by atoms with Crippen LogP contribution in [0.3, 0.4) is 0 Å². The zero-order valence-corrected chi connectivity index (χ0v) is 16.1. The van der Waals surface area contributed by atoms with Crippen molar-refractivity contribution in [2.75, 3.05) is 35.8 Å². The fraction of sp³-hybridized carbons (Fsp3) is 0.286. The Kier molecular flexibility index (Phi) is 6.46. The molecule has 0 fully saturated rings. The van der Waals surface area contributed by atoms with Crippen LogP contribution in [-0.2, 0) is 27.2 Å². The van der Waals surface area contributed by atoms with Gasteiger partial charge in [0.25, 0.3) is 5.91 Å². The summed E-state index contributed by atoms with van der Waals surface area (Å²) in [4.78, 5) is 37.0. The van der Waals surface area contributed by atoms with Crippen molar-refractivity contribution in [1.82, 2.24) is 0 Å². The third kappa shape index (κ3) is 5.11. The van der Waals surface area contributed by atoms with Crippen LogP contribution in [0.5, 0.6) is 0 Å². The second-order valence-electron chi connectivity index (χ2n) is 6.70. The monoisotopic (exact) mass is 397 g/mol. The molecule has 0 unspecified atom stereocenters. The largest absolute Gasteiger partial charge is 0.481 e. The highest BCUT2D eigenvalue weighted by atomic mass is 16.5. The molecule has 2 aromatic rings. The molecule has 3 N–H and O–H groups in total. The van der Waals surface area contributed by atoms with Crippen LogP contribution in [0.15, 0.2) is 42.5 Å². The highest BCUT2D eigenvalue weighted by molar-refractivity contribution is 6.02. The average Bonchev–Trinajstić information content (AvgIpc) is 3.12. The van der Waals surface area contributed by atoms with E-state index >= 15 is 0 Å². The van der Waals surface area contributed by atoms with E-state index in [0.29, 0.717) is 30.8 Å². The molecular weight excluding hydrogens is 374 g/mol. The number of carbonyl (C=O) groups is 3. The summed E-state index contributed by atoms with van der Waals surface area (Å²) in [6.07, 6.45) is 1.07. The SMILES string of the molecule is COCC(=O)N1CCc2c(NC(=O)Nc3cccc(CCC(=O)O)c3)cccc21. The zero-order chi connectivity index (χ0) is 20.8. The van der Waals surface area contributed by atoms with Crippen LogP contribution in [-0.4, -0.2) is 43.3 Å². The number of urea groups is 1. The van der Waals surface area contributed by atoms with E-state index in [4.69, 9.17) is 9.84 Å². The van der Waals surface area contributed by atoms with E-state index in [1.165, 1.54) is 7.11 Å². The van der Waals surface area contributed by atoms with Crippen molar-refractivity contribution in [2.45, 2.75) is 19.3 Å². The molecule has 8 nitrogen and oxygen atoms in total. The number of hydrogen-bond donors (Lipinski definition) is 3. The van der Waals surface area contributed by atoms with E-state index in [1.807, 2.05) is 12.1 Å². The first-order valence-corrected chi connectivity index (χ1v) is 9.28. The number of rotatable bonds is 7. The van der Waals surface area contributed by atoms with E-state index in [2.05, 4.69) is 10.6 Å². The molecule has 3 rings (SSSR count). The maximum absolute atomic E-state index is 12.5. The van der Waals surface area contributed by atoms with E-state index in [0.717, 1.165) is 16.8 Å². The molecule has 1 aliphatic heterocycles. The number of anilines is 3. The Balaban J connectivity index is 1.67. The predicted molar refractivity (Wildman–Crippen MR) is 109 cm³/mol. The summed E-state index contributed by atoms with van der Waals surface area (Å²) in [5.41, 5.74) is 3.74. The molecular formula is C21H23N3O5. The van der Waals surface area contributed by atoms with Gasteiger partial charge in [-0.15, -0.1) is 0 Å². The van der Waals surface area contributed by atoms with E-state index in [9.17, 15) is 14.4 Å². The van der Waals surface area contributed by atoms with Crippen LogP contribution in [0.2, 0.25) is 0 Å². The maximum atomic E-state index is 12.5. The van der Waals surface area contributed by atoms with Gasteiger partial charge in [-0.05, 0) is 42.7 Å². The number of aryl methyl sites for hydroxylation is 1. The summed E-state index contributed by atoms with van der Waals surface area (Å²) in [5.74, 6) is -0.983. The Morgan fingerprint density at radius 3 is 2.69 bits per heavy atom. The van der Waals surface area contributed by atoms with Gasteiger partial charge >= 0.3 is 12.0 Å². The van der Waals surface area contributed by atoms with Crippen LogP contribution in [0, 0.1) is 0 Å². The number of amides is 3. The van der Waals surface area contributed by atoms with Crippen LogP contribution in [0.25, 0.3) is 0 Å². The summed E-state index contributed by atoms with van der Waals surface area (Å²) in [7, 11) is 1.48. The molecule has 2 aromatic carbocycles. The van der Waals surface area contributed by atoms with Crippen LogP contribution < -0.4 is 15.5 Å². The Morgan fingerprint density at radius 2 is 1.93 bits per heavy atom. The van der Waals surface area contributed by atoms with Gasteiger partial charge in [-0.2, -0.15) is 0 Å². The maximum Gasteiger partial charge on any atom is 0.323 e. The topological polar surface area (TPSA) is 108 Å². The van der Waals surface area contributed by atoms with E-state index in [-0.39, 0.29) is 18.9 Å². The molecule has 0 radical (unpaired) electrons. The molecule has 1 heterocycles. The predicted octanol–water partition coefficient (Wildman–Crippen LogP) is 2.88. The number of hydrogen-bond acceptors (Lipinski definition) is 4. The van der Waals surface area contributed by atoms with Crippen molar-refractivity contribution in [2.24, 2.45) is 0 Å². The number of methoxy groups -OCH3 is 1. The van der Waals surface area contributed by atoms with Gasteiger partial charge in [0.2, 0.25) is 0 Å². The molecule has 0 aromatic heterocycles. The van der Waals surface area contributed by atoms with Crippen LogP contribution in [0.4, 0.5) is 21.9 Å². The Hall–Kier alpha value is -3.39. The smallest absolute Gasteiger partial charge is 0.323 e. The van der Waals surface area contributed by atoms with Gasteiger partial charge in [0, 0.05) is 42.7 Å². The summed E-state index contributed by atoms with van der Waals surface area (Å²) in [6, 6.07) is 12.1. The minimum Gasteiger partial charge on any atom is -0.481 e. The minimum absolute atomic E-state index is 0.00972. The number of carboxylic acid groups (broad SMARTS) is 1. The van der Waals surface area contributed by atoms with Crippen molar-refractivity contribution in [3.05, 3.63) is 53.6 Å². The minimum atomic E-state index is -0.864. The number of fused-ring (bicyclic) bond motifs is 1. The molecule has 152 valence electrons. The number of nitrogens with zero attached hydrogens (tertiary/aromatic N) is 1. The zero-order valence-electron chi connectivity index (χ0n) is 16.1. The Morgan fingerprint density at radius 1 is 1.14 bits per heavy atom. The molecule has 3 amide bonds. The second-order valence-corrected chi connectivity index (χ2v) is 6.70. The van der Waals surface area contributed by atoms with Gasteiger partial charge in [0.1, 0.15) is 6.61 Å². The molecule has 0 saturated carbocycles. The molecule has 8 heteroatoms. The van der Waals surface area contributed by atoms with Crippen molar-refractivity contribution in [1.29, 1.82) is 0 Å². The van der Waals surface area contributed by atoms with Gasteiger partial charge in [0.15, 0.2) is 0 Å². The van der Waals surface area contributed by atoms with E-state index in [1.54, 1.807) is 35.2 Å². The van der Waals surface area contributed by atoms with E-state index < -0.39 is 12.0 Å². The highest BCUT2D eigenvalue weighted by Crippen LogP contribution is 2.33. The number of benzene rings is 2. The lowest BCUT2D eigenvalue weighted by Crippen LogP contribution is -2.31. The third-order valence-corrected chi connectivity index (χ3v) is 4.66. The van der Waals surface area contributed by atoms with Crippen LogP contribution >= 0.6 is 0 Å². The fourth-order valence-corrected chi connectivity index (χ4v) is 3.35. The summed E-state index contributed by atoms with van der Waals surface area (Å²) >= 11 is 0. The average molecular weight is 397 g/mol. The second kappa shape index (κ2) is 9.20. The molecule has 0 bridgehead atoms. The third-order valence-electron chi connectivity index (χ3n) is 4.66. The Bertz CT molecular complexity index is 928. The highest BCUT2D eigenvalue weighted by Gasteiger charge is 2.26. The number of nitrogens with one attached hydrogen (secondary N) is 2. The van der Waals surface area contributed by atoms with Crippen molar-refractivity contribution < 1.29 is 24.2 Å². The van der Waals surface area contributed by atoms with Crippen molar-refractivity contribution in [3.8, 4) is 0 Å². The molecule has 0 saturated heterocycles. The van der Waals surface area contributed by atoms with Gasteiger partial charge in [-0.25, -0.2) is 4.79 Å². The molecule has 1 aliphatic rings. The lowest BCUT2D eigenvalue weighted by atomic mass is 10.1. The molecule has 0 spiro atoms. The quantitative estimate of drug-likeness (QED) is 0.666. The van der Waals surface area contributed by atoms with Gasteiger partial charge in [-0.1, -0.05) is 18.2 Å².